The molecule has 0 aliphatic heterocycles. The van der Waals surface area contributed by atoms with Crippen LogP contribution in [0.3, 0.4) is 0 Å². The number of thiophene rings is 1. The minimum Gasteiger partial charge on any atom is -0.497 e. The molecule has 2 amide bonds. The Kier molecular flexibility index (Phi) is 7.95. The van der Waals surface area contributed by atoms with E-state index in [2.05, 4.69) is 5.32 Å². The number of nitrogens with one attached hydrogen (secondary N) is 1. The van der Waals surface area contributed by atoms with Crippen molar-refractivity contribution in [1.29, 1.82) is 0 Å². The van der Waals surface area contributed by atoms with Gasteiger partial charge in [0.25, 0.3) is 0 Å². The summed E-state index contributed by atoms with van der Waals surface area (Å²) in [6.07, 6.45) is 5.33. The third kappa shape index (κ3) is 5.83. The maximum atomic E-state index is 13.7. The van der Waals surface area contributed by atoms with Crippen molar-refractivity contribution in [2.45, 2.75) is 50.6 Å². The quantitative estimate of drug-likeness (QED) is 0.453. The molecule has 0 spiro atoms. The normalized spacial score (nSPS) is 14.9. The van der Waals surface area contributed by atoms with E-state index < -0.39 is 11.9 Å². The average Bonchev–Trinajstić information content (AvgIpc) is 3.37. The molecule has 2 aromatic carbocycles. The van der Waals surface area contributed by atoms with Crippen LogP contribution in [-0.4, -0.2) is 25.0 Å². The van der Waals surface area contributed by atoms with E-state index in [1.165, 1.54) is 34.8 Å². The number of hydrogen-bond donors (Lipinski definition) is 1. The van der Waals surface area contributed by atoms with Crippen LogP contribution in [0.25, 0.3) is 0 Å². The van der Waals surface area contributed by atoms with Crippen molar-refractivity contribution >= 4 is 28.8 Å². The minimum atomic E-state index is -0.927. The zero-order chi connectivity index (χ0) is 23.9. The second kappa shape index (κ2) is 11.3. The van der Waals surface area contributed by atoms with Gasteiger partial charge in [0, 0.05) is 16.6 Å². The third-order valence-corrected chi connectivity index (χ3v) is 7.05. The van der Waals surface area contributed by atoms with E-state index in [9.17, 15) is 14.0 Å². The molecule has 1 heterocycles. The number of amides is 2. The number of ether oxygens (including phenoxy) is 1. The molecule has 178 valence electrons. The van der Waals surface area contributed by atoms with Crippen molar-refractivity contribution in [1.82, 2.24) is 5.32 Å². The monoisotopic (exact) mass is 480 g/mol. The van der Waals surface area contributed by atoms with Crippen molar-refractivity contribution in [3.05, 3.63) is 82.3 Å². The topological polar surface area (TPSA) is 58.6 Å². The summed E-state index contributed by atoms with van der Waals surface area (Å²) < 4.78 is 19.0. The summed E-state index contributed by atoms with van der Waals surface area (Å²) in [5.74, 6) is -0.204. The fourth-order valence-corrected chi connectivity index (χ4v) is 5.11. The largest absolute Gasteiger partial charge is 0.497 e. The molecule has 0 saturated heterocycles. The first-order valence-corrected chi connectivity index (χ1v) is 12.5. The van der Waals surface area contributed by atoms with E-state index in [1.54, 1.807) is 43.5 Å². The lowest BCUT2D eigenvalue weighted by atomic mass is 9.94. The van der Waals surface area contributed by atoms with Crippen LogP contribution in [0.2, 0.25) is 0 Å². The van der Waals surface area contributed by atoms with Gasteiger partial charge >= 0.3 is 0 Å². The Hall–Kier alpha value is -3.19. The SMILES string of the molecule is COc1ccc(N(C(=O)Cc2cccs2)C(C(=O)NC2CCCCC2)c2ccc(F)cc2)cc1. The highest BCUT2D eigenvalue weighted by Gasteiger charge is 2.34. The van der Waals surface area contributed by atoms with Crippen LogP contribution in [0.4, 0.5) is 10.1 Å². The molecular formula is C27H29FN2O3S. The lowest BCUT2D eigenvalue weighted by molar-refractivity contribution is -0.127. The molecule has 3 aromatic rings. The average molecular weight is 481 g/mol. The van der Waals surface area contributed by atoms with Crippen molar-refractivity contribution < 1.29 is 18.7 Å². The van der Waals surface area contributed by atoms with Crippen molar-refractivity contribution in [2.75, 3.05) is 12.0 Å². The summed E-state index contributed by atoms with van der Waals surface area (Å²) in [5, 5.41) is 5.09. The van der Waals surface area contributed by atoms with E-state index in [0.717, 1.165) is 30.6 Å². The molecule has 1 saturated carbocycles. The summed E-state index contributed by atoms with van der Waals surface area (Å²) in [4.78, 5) is 29.9. The van der Waals surface area contributed by atoms with Gasteiger partial charge in [-0.05, 0) is 66.2 Å². The first-order valence-electron chi connectivity index (χ1n) is 11.6. The Labute approximate surface area is 203 Å². The Morgan fingerprint density at radius 2 is 1.76 bits per heavy atom. The molecule has 1 fully saturated rings. The molecular weight excluding hydrogens is 451 g/mol. The van der Waals surface area contributed by atoms with Gasteiger partial charge in [0.2, 0.25) is 11.8 Å². The number of hydrogen-bond acceptors (Lipinski definition) is 4. The van der Waals surface area contributed by atoms with Crippen molar-refractivity contribution in [3.8, 4) is 5.75 Å². The standard InChI is InChI=1S/C27H29FN2O3S/c1-33-23-15-13-22(14-16-23)30(25(31)18-24-8-5-17-34-24)26(19-9-11-20(28)12-10-19)27(32)29-21-6-3-2-4-7-21/h5,8-17,21,26H,2-4,6-7,18H2,1H3,(H,29,32). The highest BCUT2D eigenvalue weighted by molar-refractivity contribution is 7.10. The molecule has 0 radical (unpaired) electrons. The predicted molar refractivity (Wildman–Crippen MR) is 133 cm³/mol. The van der Waals surface area contributed by atoms with Gasteiger partial charge in [-0.2, -0.15) is 0 Å². The maximum absolute atomic E-state index is 13.7. The van der Waals surface area contributed by atoms with Gasteiger partial charge in [-0.1, -0.05) is 37.5 Å². The first kappa shape index (κ1) is 24.0. The number of carbonyl (C=O) groups excluding carboxylic acids is 2. The molecule has 1 aliphatic rings. The van der Waals surface area contributed by atoms with E-state index >= 15 is 0 Å². The number of rotatable bonds is 8. The second-order valence-corrected chi connectivity index (χ2v) is 9.55. The summed E-state index contributed by atoms with van der Waals surface area (Å²) in [5.41, 5.74) is 1.14. The molecule has 5 nitrogen and oxygen atoms in total. The second-order valence-electron chi connectivity index (χ2n) is 8.52. The molecule has 7 heteroatoms. The molecule has 1 aliphatic carbocycles. The summed E-state index contributed by atoms with van der Waals surface area (Å²) >= 11 is 1.50. The van der Waals surface area contributed by atoms with Gasteiger partial charge in [0.1, 0.15) is 17.6 Å². The van der Waals surface area contributed by atoms with Crippen LogP contribution in [0.15, 0.2) is 66.0 Å². The number of anilines is 1. The van der Waals surface area contributed by atoms with Crippen LogP contribution in [0.1, 0.15) is 48.6 Å². The minimum absolute atomic E-state index is 0.0781. The Morgan fingerprint density at radius 1 is 1.06 bits per heavy atom. The summed E-state index contributed by atoms with van der Waals surface area (Å²) in [6.45, 7) is 0. The van der Waals surface area contributed by atoms with Crippen LogP contribution in [-0.2, 0) is 16.0 Å². The van der Waals surface area contributed by atoms with Crippen LogP contribution < -0.4 is 15.0 Å². The van der Waals surface area contributed by atoms with Crippen molar-refractivity contribution in [3.63, 3.8) is 0 Å². The van der Waals surface area contributed by atoms with Crippen LogP contribution >= 0.6 is 11.3 Å². The Bertz CT molecular complexity index is 1080. The van der Waals surface area contributed by atoms with Gasteiger partial charge < -0.3 is 10.1 Å². The molecule has 1 unspecified atom stereocenters. The predicted octanol–water partition coefficient (Wildman–Crippen LogP) is 5.66. The fraction of sp³-hybridized carbons (Fsp3) is 0.333. The zero-order valence-electron chi connectivity index (χ0n) is 19.2. The maximum Gasteiger partial charge on any atom is 0.248 e. The lowest BCUT2D eigenvalue weighted by Crippen LogP contribution is -2.47. The molecule has 0 bridgehead atoms. The van der Waals surface area contributed by atoms with Gasteiger partial charge in [0.05, 0.1) is 13.5 Å². The first-order chi connectivity index (χ1) is 16.5. The third-order valence-electron chi connectivity index (χ3n) is 6.17. The van der Waals surface area contributed by atoms with E-state index in [-0.39, 0.29) is 24.3 Å². The van der Waals surface area contributed by atoms with Crippen molar-refractivity contribution in [2.24, 2.45) is 0 Å². The lowest BCUT2D eigenvalue weighted by Gasteiger charge is -2.33. The molecule has 34 heavy (non-hydrogen) atoms. The van der Waals surface area contributed by atoms with Crippen LogP contribution in [0, 0.1) is 5.82 Å². The fourth-order valence-electron chi connectivity index (χ4n) is 4.42. The van der Waals surface area contributed by atoms with Gasteiger partial charge in [-0.3, -0.25) is 14.5 Å². The van der Waals surface area contributed by atoms with Gasteiger partial charge in [-0.25, -0.2) is 4.39 Å². The van der Waals surface area contributed by atoms with E-state index in [4.69, 9.17) is 4.74 Å². The zero-order valence-corrected chi connectivity index (χ0v) is 20.0. The number of halogens is 1. The molecule has 1 N–H and O–H groups in total. The summed E-state index contributed by atoms with van der Waals surface area (Å²) in [6, 6.07) is 15.8. The Balaban J connectivity index is 1.73. The smallest absolute Gasteiger partial charge is 0.248 e. The highest BCUT2D eigenvalue weighted by Crippen LogP contribution is 2.31. The Morgan fingerprint density at radius 3 is 2.38 bits per heavy atom. The summed E-state index contributed by atoms with van der Waals surface area (Å²) in [7, 11) is 1.58. The van der Waals surface area contributed by atoms with E-state index in [1.807, 2.05) is 17.5 Å². The van der Waals surface area contributed by atoms with Gasteiger partial charge in [0.15, 0.2) is 0 Å². The molecule has 4 rings (SSSR count). The number of methoxy groups -OCH3 is 1. The number of nitrogens with zero attached hydrogens (tertiary/aromatic N) is 1. The highest BCUT2D eigenvalue weighted by atomic mass is 32.1. The number of carbonyl (C=O) groups is 2. The number of benzene rings is 2. The van der Waals surface area contributed by atoms with Crippen LogP contribution in [0.5, 0.6) is 5.75 Å². The molecule has 1 atom stereocenters. The molecule has 1 aromatic heterocycles. The van der Waals surface area contributed by atoms with Gasteiger partial charge in [-0.15, -0.1) is 11.3 Å². The van der Waals surface area contributed by atoms with E-state index in [0.29, 0.717) is 17.0 Å².